The Kier molecular flexibility index (Phi) is 4.95. The molecule has 2 heterocycles. The Morgan fingerprint density at radius 3 is 2.60 bits per heavy atom. The fourth-order valence-corrected chi connectivity index (χ4v) is 3.57. The number of hydrogen-bond acceptors (Lipinski definition) is 5. The summed E-state index contributed by atoms with van der Waals surface area (Å²) in [7, 11) is 1.51. The molecule has 25 heavy (non-hydrogen) atoms. The average Bonchev–Trinajstić information content (AvgIpc) is 2.97. The number of ether oxygens (including phenoxy) is 1. The molecule has 2 aromatic heterocycles. The van der Waals surface area contributed by atoms with Crippen molar-refractivity contribution in [3.05, 3.63) is 45.0 Å². The first-order valence-electron chi connectivity index (χ1n) is 6.88. The summed E-state index contributed by atoms with van der Waals surface area (Å²) < 4.78 is 43.8. The second kappa shape index (κ2) is 6.86. The molecule has 0 atom stereocenters. The van der Waals surface area contributed by atoms with Gasteiger partial charge in [-0.3, -0.25) is 0 Å². The van der Waals surface area contributed by atoms with Crippen molar-refractivity contribution in [3.63, 3.8) is 0 Å². The predicted octanol–water partition coefficient (Wildman–Crippen LogP) is 5.64. The van der Waals surface area contributed by atoms with Gasteiger partial charge in [0.05, 0.1) is 17.5 Å². The van der Waals surface area contributed by atoms with Crippen molar-refractivity contribution >= 4 is 50.6 Å². The molecule has 0 aliphatic heterocycles. The molecule has 10 heteroatoms. The van der Waals surface area contributed by atoms with Gasteiger partial charge in [-0.1, -0.05) is 17.7 Å². The van der Waals surface area contributed by atoms with Gasteiger partial charge < -0.3 is 10.1 Å². The zero-order chi connectivity index (χ0) is 18.2. The molecule has 3 rings (SSSR count). The molecule has 132 valence electrons. The third kappa shape index (κ3) is 3.91. The summed E-state index contributed by atoms with van der Waals surface area (Å²) in [5.41, 5.74) is 0.806. The summed E-state index contributed by atoms with van der Waals surface area (Å²) in [6.07, 6.45) is -4.45. The minimum absolute atomic E-state index is 0.127. The van der Waals surface area contributed by atoms with Crippen molar-refractivity contribution < 1.29 is 17.9 Å². The van der Waals surface area contributed by atoms with Crippen molar-refractivity contribution in [2.45, 2.75) is 12.7 Å². The Balaban J connectivity index is 1.90. The molecular formula is C15H10Cl2F3N3OS. The molecule has 0 amide bonds. The number of halogens is 5. The molecule has 1 N–H and O–H groups in total. The highest BCUT2D eigenvalue weighted by atomic mass is 35.5. The number of hydrogen-bond donors (Lipinski definition) is 1. The standard InChI is InChI=1S/C15H10Cl2F3N3OS/c1-24-10-3-2-7(4-9(10)16)6-21-12-8-5-11(15(18,19)20)25-13(8)23-14(17)22-12/h2-5H,6H2,1H3,(H,21,22,23). The summed E-state index contributed by atoms with van der Waals surface area (Å²) in [6, 6.07) is 6.20. The number of benzene rings is 1. The van der Waals surface area contributed by atoms with Gasteiger partial charge in [0.15, 0.2) is 0 Å². The number of methoxy groups -OCH3 is 1. The van der Waals surface area contributed by atoms with E-state index in [1.807, 2.05) is 0 Å². The number of nitrogens with zero attached hydrogens (tertiary/aromatic N) is 2. The van der Waals surface area contributed by atoms with Gasteiger partial charge in [-0.05, 0) is 35.4 Å². The van der Waals surface area contributed by atoms with Gasteiger partial charge in [-0.2, -0.15) is 13.2 Å². The summed E-state index contributed by atoms with van der Waals surface area (Å²) in [4.78, 5) is 7.26. The minimum Gasteiger partial charge on any atom is -0.495 e. The predicted molar refractivity (Wildman–Crippen MR) is 92.8 cm³/mol. The Morgan fingerprint density at radius 2 is 1.96 bits per heavy atom. The van der Waals surface area contributed by atoms with Gasteiger partial charge >= 0.3 is 6.18 Å². The second-order valence-corrected chi connectivity index (χ2v) is 6.77. The van der Waals surface area contributed by atoms with Crippen LogP contribution in [0, 0.1) is 0 Å². The number of nitrogens with one attached hydrogen (secondary N) is 1. The molecule has 0 spiro atoms. The fourth-order valence-electron chi connectivity index (χ4n) is 2.18. The topological polar surface area (TPSA) is 47.0 Å². The highest BCUT2D eigenvalue weighted by Gasteiger charge is 2.33. The maximum absolute atomic E-state index is 12.9. The lowest BCUT2D eigenvalue weighted by atomic mass is 10.2. The Hall–Kier alpha value is -1.77. The van der Waals surface area contributed by atoms with Crippen LogP contribution in [-0.4, -0.2) is 17.1 Å². The number of thiophene rings is 1. The van der Waals surface area contributed by atoms with Crippen LogP contribution in [0.1, 0.15) is 10.4 Å². The third-order valence-corrected chi connectivity index (χ3v) is 4.86. The first kappa shape index (κ1) is 18.0. The normalized spacial score (nSPS) is 11.8. The molecule has 0 radical (unpaired) electrons. The number of alkyl halides is 3. The maximum Gasteiger partial charge on any atom is 0.425 e. The van der Waals surface area contributed by atoms with Crippen LogP contribution in [0.3, 0.4) is 0 Å². The molecular weight excluding hydrogens is 398 g/mol. The SMILES string of the molecule is COc1ccc(CNc2nc(Cl)nc3sc(C(F)(F)F)cc23)cc1Cl. The smallest absolute Gasteiger partial charge is 0.425 e. The summed E-state index contributed by atoms with van der Waals surface area (Å²) >= 11 is 12.4. The van der Waals surface area contributed by atoms with Gasteiger partial charge in [-0.15, -0.1) is 11.3 Å². The molecule has 0 aliphatic rings. The van der Waals surface area contributed by atoms with Gasteiger partial charge in [0, 0.05) is 6.54 Å². The van der Waals surface area contributed by atoms with Crippen molar-refractivity contribution in [1.82, 2.24) is 9.97 Å². The highest BCUT2D eigenvalue weighted by Crippen LogP contribution is 2.39. The van der Waals surface area contributed by atoms with Gasteiger partial charge in [0.25, 0.3) is 0 Å². The van der Waals surface area contributed by atoms with E-state index in [4.69, 9.17) is 27.9 Å². The lowest BCUT2D eigenvalue weighted by molar-refractivity contribution is -0.134. The van der Waals surface area contributed by atoms with E-state index < -0.39 is 11.1 Å². The van der Waals surface area contributed by atoms with Crippen LogP contribution in [-0.2, 0) is 12.7 Å². The molecule has 4 nitrogen and oxygen atoms in total. The Morgan fingerprint density at radius 1 is 1.20 bits per heavy atom. The number of aromatic nitrogens is 2. The number of anilines is 1. The van der Waals surface area contributed by atoms with Gasteiger partial charge in [0.2, 0.25) is 5.28 Å². The van der Waals surface area contributed by atoms with Crippen LogP contribution >= 0.6 is 34.5 Å². The van der Waals surface area contributed by atoms with Gasteiger partial charge in [0.1, 0.15) is 21.3 Å². The van der Waals surface area contributed by atoms with E-state index in [1.165, 1.54) is 7.11 Å². The molecule has 0 bridgehead atoms. The Labute approximate surface area is 154 Å². The largest absolute Gasteiger partial charge is 0.495 e. The molecule has 0 aliphatic carbocycles. The van der Waals surface area contributed by atoms with E-state index >= 15 is 0 Å². The number of fused-ring (bicyclic) bond motifs is 1. The van der Waals surface area contributed by atoms with E-state index in [9.17, 15) is 13.2 Å². The average molecular weight is 408 g/mol. The van der Waals surface area contributed by atoms with Crippen molar-refractivity contribution in [1.29, 1.82) is 0 Å². The minimum atomic E-state index is -4.45. The summed E-state index contributed by atoms with van der Waals surface area (Å²) in [5.74, 6) is 0.763. The molecule has 3 aromatic rings. The van der Waals surface area contributed by atoms with Crippen LogP contribution in [0.4, 0.5) is 19.0 Å². The molecule has 0 fully saturated rings. The first-order valence-corrected chi connectivity index (χ1v) is 8.45. The molecule has 0 unspecified atom stereocenters. The van der Waals surface area contributed by atoms with E-state index in [2.05, 4.69) is 15.3 Å². The molecule has 0 saturated carbocycles. The van der Waals surface area contributed by atoms with E-state index in [0.717, 1.165) is 11.6 Å². The quantitative estimate of drug-likeness (QED) is 0.568. The second-order valence-electron chi connectivity index (χ2n) is 4.99. The summed E-state index contributed by atoms with van der Waals surface area (Å²) in [6.45, 7) is 0.295. The van der Waals surface area contributed by atoms with Crippen molar-refractivity contribution in [2.75, 3.05) is 12.4 Å². The van der Waals surface area contributed by atoms with Crippen molar-refractivity contribution in [3.8, 4) is 5.75 Å². The van der Waals surface area contributed by atoms with Crippen LogP contribution in [0.25, 0.3) is 10.2 Å². The van der Waals surface area contributed by atoms with Crippen LogP contribution in [0.5, 0.6) is 5.75 Å². The van der Waals surface area contributed by atoms with E-state index in [0.29, 0.717) is 28.7 Å². The zero-order valence-corrected chi connectivity index (χ0v) is 14.9. The fraction of sp³-hybridized carbons (Fsp3) is 0.200. The van der Waals surface area contributed by atoms with E-state index in [1.54, 1.807) is 18.2 Å². The molecule has 1 aromatic carbocycles. The van der Waals surface area contributed by atoms with Crippen molar-refractivity contribution in [2.24, 2.45) is 0 Å². The zero-order valence-electron chi connectivity index (χ0n) is 12.6. The Bertz CT molecular complexity index is 930. The highest BCUT2D eigenvalue weighted by molar-refractivity contribution is 7.18. The first-order chi connectivity index (χ1) is 11.8. The lowest BCUT2D eigenvalue weighted by Gasteiger charge is -2.09. The molecule has 0 saturated heterocycles. The summed E-state index contributed by atoms with van der Waals surface area (Å²) in [5, 5.41) is 3.55. The van der Waals surface area contributed by atoms with Crippen LogP contribution in [0.2, 0.25) is 10.3 Å². The van der Waals surface area contributed by atoms with E-state index in [-0.39, 0.29) is 21.3 Å². The van der Waals surface area contributed by atoms with Gasteiger partial charge in [-0.25, -0.2) is 9.97 Å². The van der Waals surface area contributed by atoms with Crippen LogP contribution < -0.4 is 10.1 Å². The lowest BCUT2D eigenvalue weighted by Crippen LogP contribution is -2.03. The van der Waals surface area contributed by atoms with Crippen LogP contribution in [0.15, 0.2) is 24.3 Å². The third-order valence-electron chi connectivity index (χ3n) is 3.32. The maximum atomic E-state index is 12.9. The monoisotopic (exact) mass is 407 g/mol. The number of rotatable bonds is 4.